The summed E-state index contributed by atoms with van der Waals surface area (Å²) in [6.45, 7) is 15.4. The van der Waals surface area contributed by atoms with E-state index in [9.17, 15) is 14.7 Å². The van der Waals surface area contributed by atoms with Crippen LogP contribution < -0.4 is 5.32 Å². The first-order chi connectivity index (χ1) is 12.1. The van der Waals surface area contributed by atoms with Crippen LogP contribution in [0.3, 0.4) is 0 Å². The van der Waals surface area contributed by atoms with Crippen LogP contribution >= 0.6 is 0 Å². The highest BCUT2D eigenvalue weighted by Crippen LogP contribution is 2.39. The van der Waals surface area contributed by atoms with Crippen molar-refractivity contribution >= 4 is 18.0 Å². The number of rotatable bonds is 4. The fourth-order valence-electron chi connectivity index (χ4n) is 2.72. The van der Waals surface area contributed by atoms with Gasteiger partial charge in [-0.15, -0.1) is 0 Å². The molecule has 1 aromatic rings. The second kappa shape index (κ2) is 7.75. The number of methoxy groups -OCH3 is 1. The second-order valence-electron chi connectivity index (χ2n) is 9.40. The van der Waals surface area contributed by atoms with Crippen molar-refractivity contribution in [3.8, 4) is 5.75 Å². The predicted molar refractivity (Wildman–Crippen MR) is 109 cm³/mol. The standard InChI is InChI=1S/C22H33NO4/c1-20(2,3)15-12-14(13-16(18(15)25)21(4,5)6)10-11-17(24)23-22(7,8)19(26)27-9/h10-13,25H,1-9H3,(H,23,24)/b11-10+. The van der Waals surface area contributed by atoms with Crippen molar-refractivity contribution in [3.05, 3.63) is 34.9 Å². The molecule has 1 rings (SSSR count). The zero-order valence-electron chi connectivity index (χ0n) is 18.0. The molecule has 1 aromatic carbocycles. The second-order valence-corrected chi connectivity index (χ2v) is 9.40. The van der Waals surface area contributed by atoms with E-state index in [1.54, 1.807) is 19.9 Å². The number of phenols is 1. The predicted octanol–water partition coefficient (Wildman–Crippen LogP) is 4.07. The fourth-order valence-corrected chi connectivity index (χ4v) is 2.72. The number of amides is 1. The molecule has 0 radical (unpaired) electrons. The summed E-state index contributed by atoms with van der Waals surface area (Å²) in [7, 11) is 1.28. The van der Waals surface area contributed by atoms with Gasteiger partial charge in [-0.2, -0.15) is 0 Å². The Balaban J connectivity index is 3.26. The number of carbonyl (C=O) groups is 2. The summed E-state index contributed by atoms with van der Waals surface area (Å²) in [5.74, 6) is -0.615. The quantitative estimate of drug-likeness (QED) is 0.614. The topological polar surface area (TPSA) is 75.6 Å². The fraction of sp³-hybridized carbons (Fsp3) is 0.545. The molecule has 0 saturated carbocycles. The van der Waals surface area contributed by atoms with Crippen molar-refractivity contribution in [2.24, 2.45) is 0 Å². The van der Waals surface area contributed by atoms with Gasteiger partial charge in [-0.05, 0) is 48.4 Å². The minimum Gasteiger partial charge on any atom is -0.507 e. The van der Waals surface area contributed by atoms with E-state index >= 15 is 0 Å². The van der Waals surface area contributed by atoms with Crippen molar-refractivity contribution in [1.82, 2.24) is 5.32 Å². The Kier molecular flexibility index (Phi) is 6.53. The lowest BCUT2D eigenvalue weighted by Crippen LogP contribution is -2.49. The number of phenolic OH excluding ortho intramolecular Hbond substituents is 1. The highest BCUT2D eigenvalue weighted by molar-refractivity contribution is 5.95. The maximum atomic E-state index is 12.2. The number of hydrogen-bond donors (Lipinski definition) is 2. The van der Waals surface area contributed by atoms with Gasteiger partial charge >= 0.3 is 5.97 Å². The third-order valence-electron chi connectivity index (χ3n) is 4.31. The summed E-state index contributed by atoms with van der Waals surface area (Å²) in [5, 5.41) is 13.4. The molecule has 150 valence electrons. The summed E-state index contributed by atoms with van der Waals surface area (Å²) in [5.41, 5.74) is 0.855. The summed E-state index contributed by atoms with van der Waals surface area (Å²) in [6.07, 6.45) is 3.07. The number of carbonyl (C=O) groups excluding carboxylic acids is 2. The third-order valence-corrected chi connectivity index (χ3v) is 4.31. The Morgan fingerprint density at radius 2 is 1.41 bits per heavy atom. The summed E-state index contributed by atoms with van der Waals surface area (Å²) in [6, 6.07) is 3.78. The molecule has 27 heavy (non-hydrogen) atoms. The molecular weight excluding hydrogens is 342 g/mol. The zero-order valence-corrected chi connectivity index (χ0v) is 18.0. The van der Waals surface area contributed by atoms with Gasteiger partial charge in [0.1, 0.15) is 11.3 Å². The lowest BCUT2D eigenvalue weighted by atomic mass is 9.78. The number of nitrogens with one attached hydrogen (secondary N) is 1. The van der Waals surface area contributed by atoms with Crippen LogP contribution in [-0.2, 0) is 25.2 Å². The van der Waals surface area contributed by atoms with E-state index < -0.39 is 17.4 Å². The molecule has 0 aliphatic rings. The number of benzene rings is 1. The van der Waals surface area contributed by atoms with E-state index in [0.717, 1.165) is 16.7 Å². The zero-order chi connectivity index (χ0) is 21.2. The molecule has 0 aliphatic heterocycles. The molecule has 0 fully saturated rings. The summed E-state index contributed by atoms with van der Waals surface area (Å²) < 4.78 is 4.69. The van der Waals surface area contributed by atoms with Crippen LogP contribution in [0.25, 0.3) is 6.08 Å². The van der Waals surface area contributed by atoms with Gasteiger partial charge in [-0.3, -0.25) is 4.79 Å². The number of esters is 1. The Hall–Kier alpha value is -2.30. The molecule has 0 heterocycles. The normalized spacial score (nSPS) is 12.9. The van der Waals surface area contributed by atoms with Gasteiger partial charge in [0.2, 0.25) is 5.91 Å². The molecule has 0 bridgehead atoms. The van der Waals surface area contributed by atoms with E-state index in [0.29, 0.717) is 5.75 Å². The van der Waals surface area contributed by atoms with Crippen molar-refractivity contribution in [2.45, 2.75) is 71.8 Å². The van der Waals surface area contributed by atoms with Gasteiger partial charge in [0.05, 0.1) is 7.11 Å². The lowest BCUT2D eigenvalue weighted by Gasteiger charge is -2.28. The summed E-state index contributed by atoms with van der Waals surface area (Å²) >= 11 is 0. The van der Waals surface area contributed by atoms with E-state index in [1.807, 2.05) is 53.7 Å². The SMILES string of the molecule is COC(=O)C(C)(C)NC(=O)/C=C/c1cc(C(C)(C)C)c(O)c(C(C)(C)C)c1. The maximum absolute atomic E-state index is 12.2. The molecule has 0 spiro atoms. The smallest absolute Gasteiger partial charge is 0.330 e. The highest BCUT2D eigenvalue weighted by atomic mass is 16.5. The Morgan fingerprint density at radius 3 is 1.78 bits per heavy atom. The molecule has 5 heteroatoms. The van der Waals surface area contributed by atoms with Gasteiger partial charge in [0.15, 0.2) is 0 Å². The van der Waals surface area contributed by atoms with Crippen molar-refractivity contribution in [1.29, 1.82) is 0 Å². The van der Waals surface area contributed by atoms with Gasteiger partial charge in [-0.1, -0.05) is 41.5 Å². The van der Waals surface area contributed by atoms with Crippen LogP contribution in [0.4, 0.5) is 0 Å². The average molecular weight is 376 g/mol. The number of aromatic hydroxyl groups is 1. The van der Waals surface area contributed by atoms with Crippen molar-refractivity contribution < 1.29 is 19.4 Å². The molecular formula is C22H33NO4. The monoisotopic (exact) mass is 375 g/mol. The molecule has 0 atom stereocenters. The van der Waals surface area contributed by atoms with E-state index in [1.165, 1.54) is 13.2 Å². The number of ether oxygens (including phenoxy) is 1. The minimum absolute atomic E-state index is 0.247. The summed E-state index contributed by atoms with van der Waals surface area (Å²) in [4.78, 5) is 23.9. The molecule has 2 N–H and O–H groups in total. The van der Waals surface area contributed by atoms with Crippen LogP contribution in [0.5, 0.6) is 5.75 Å². The van der Waals surface area contributed by atoms with Gasteiger partial charge in [0, 0.05) is 17.2 Å². The van der Waals surface area contributed by atoms with Crippen molar-refractivity contribution in [2.75, 3.05) is 7.11 Å². The first-order valence-electron chi connectivity index (χ1n) is 9.06. The largest absolute Gasteiger partial charge is 0.507 e. The van der Waals surface area contributed by atoms with Gasteiger partial charge < -0.3 is 15.2 Å². The molecule has 0 unspecified atom stereocenters. The molecule has 0 aliphatic carbocycles. The van der Waals surface area contributed by atoms with Gasteiger partial charge in [0.25, 0.3) is 0 Å². The van der Waals surface area contributed by atoms with E-state index in [4.69, 9.17) is 4.74 Å². The Bertz CT molecular complexity index is 712. The molecule has 1 amide bonds. The van der Waals surface area contributed by atoms with E-state index in [-0.39, 0.29) is 10.8 Å². The third kappa shape index (κ3) is 5.84. The molecule has 0 saturated heterocycles. The molecule has 5 nitrogen and oxygen atoms in total. The van der Waals surface area contributed by atoms with Crippen LogP contribution in [-0.4, -0.2) is 29.6 Å². The first kappa shape index (κ1) is 22.7. The van der Waals surface area contributed by atoms with Crippen LogP contribution in [0.2, 0.25) is 0 Å². The maximum Gasteiger partial charge on any atom is 0.330 e. The first-order valence-corrected chi connectivity index (χ1v) is 9.06. The highest BCUT2D eigenvalue weighted by Gasteiger charge is 2.30. The van der Waals surface area contributed by atoms with Gasteiger partial charge in [-0.25, -0.2) is 4.79 Å². The van der Waals surface area contributed by atoms with E-state index in [2.05, 4.69) is 5.32 Å². The van der Waals surface area contributed by atoms with Crippen LogP contribution in [0, 0.1) is 0 Å². The van der Waals surface area contributed by atoms with Crippen LogP contribution in [0.15, 0.2) is 18.2 Å². The minimum atomic E-state index is -1.11. The Morgan fingerprint density at radius 1 is 0.963 bits per heavy atom. The van der Waals surface area contributed by atoms with Crippen LogP contribution in [0.1, 0.15) is 72.1 Å². The van der Waals surface area contributed by atoms with Crippen molar-refractivity contribution in [3.63, 3.8) is 0 Å². The molecule has 0 aromatic heterocycles. The number of hydrogen-bond acceptors (Lipinski definition) is 4. The Labute approximate surface area is 162 Å². The average Bonchev–Trinajstić information content (AvgIpc) is 2.50. The lowest BCUT2D eigenvalue weighted by molar-refractivity contribution is -0.148.